The first-order valence-electron chi connectivity index (χ1n) is 6.78. The molecule has 0 radical (unpaired) electrons. The summed E-state index contributed by atoms with van der Waals surface area (Å²) in [4.78, 5) is 12.0. The van der Waals surface area contributed by atoms with Crippen molar-refractivity contribution in [2.24, 2.45) is 0 Å². The molecule has 0 spiro atoms. The van der Waals surface area contributed by atoms with Gasteiger partial charge in [0.25, 0.3) is 0 Å². The van der Waals surface area contributed by atoms with Crippen LogP contribution in [-0.4, -0.2) is 21.7 Å². The average molecular weight is 345 g/mol. The number of carbonyl (C=O) groups is 1. The monoisotopic (exact) mass is 345 g/mol. The molecular weight excluding hydrogens is 333 g/mol. The van der Waals surface area contributed by atoms with Crippen LogP contribution < -0.4 is 5.32 Å². The zero-order chi connectivity index (χ0) is 16.1. The summed E-state index contributed by atoms with van der Waals surface area (Å²) in [6.07, 6.45) is 0. The number of hydrogen-bond donors (Lipinski definition) is 1. The van der Waals surface area contributed by atoms with Crippen LogP contribution in [-0.2, 0) is 0 Å². The van der Waals surface area contributed by atoms with Crippen molar-refractivity contribution in [1.82, 2.24) is 10.2 Å². The Labute approximate surface area is 140 Å². The Hall–Kier alpha value is -2.25. The average Bonchev–Trinajstić information content (AvgIpc) is 3.01. The van der Waals surface area contributed by atoms with Crippen molar-refractivity contribution in [1.29, 1.82) is 0 Å². The lowest BCUT2D eigenvalue weighted by Crippen LogP contribution is -2.02. The predicted octanol–water partition coefficient (Wildman–Crippen LogP) is 4.40. The van der Waals surface area contributed by atoms with E-state index in [0.717, 1.165) is 5.69 Å². The van der Waals surface area contributed by atoms with Crippen molar-refractivity contribution < 1.29 is 9.18 Å². The molecule has 0 unspecified atom stereocenters. The summed E-state index contributed by atoms with van der Waals surface area (Å²) in [6.45, 7) is 0. The molecule has 116 valence electrons. The molecule has 0 amide bonds. The molecule has 7 heteroatoms. The summed E-state index contributed by atoms with van der Waals surface area (Å²) in [5.74, 6) is -0.350. The van der Waals surface area contributed by atoms with Crippen molar-refractivity contribution in [3.8, 4) is 0 Å². The normalized spacial score (nSPS) is 10.5. The smallest absolute Gasteiger partial charge is 0.210 e. The van der Waals surface area contributed by atoms with Crippen molar-refractivity contribution in [2.75, 3.05) is 11.1 Å². The first kappa shape index (κ1) is 15.6. The largest absolute Gasteiger partial charge is 0.330 e. The summed E-state index contributed by atoms with van der Waals surface area (Å²) in [5.41, 5.74) is 1.29. The van der Waals surface area contributed by atoms with Crippen LogP contribution in [0, 0.1) is 5.82 Å². The molecule has 0 aliphatic rings. The molecule has 1 heterocycles. The third-order valence-electron chi connectivity index (χ3n) is 2.90. The number of halogens is 1. The summed E-state index contributed by atoms with van der Waals surface area (Å²) >= 11 is 2.66. The zero-order valence-electron chi connectivity index (χ0n) is 11.9. The fraction of sp³-hybridized carbons (Fsp3) is 0.0625. The number of aromatic nitrogens is 2. The molecule has 0 atom stereocenters. The Morgan fingerprint density at radius 3 is 2.74 bits per heavy atom. The minimum atomic E-state index is -0.411. The lowest BCUT2D eigenvalue weighted by molar-refractivity contribution is 0.102. The zero-order valence-corrected chi connectivity index (χ0v) is 13.5. The van der Waals surface area contributed by atoms with Crippen molar-refractivity contribution in [3.05, 3.63) is 66.0 Å². The number of nitrogens with zero attached hydrogens (tertiary/aromatic N) is 2. The molecule has 2 aromatic carbocycles. The molecule has 3 rings (SSSR count). The third-order valence-corrected chi connectivity index (χ3v) is 4.88. The molecule has 0 saturated carbocycles. The van der Waals surface area contributed by atoms with Crippen LogP contribution in [0.25, 0.3) is 0 Å². The van der Waals surface area contributed by atoms with Crippen LogP contribution in [0.5, 0.6) is 0 Å². The highest BCUT2D eigenvalue weighted by Crippen LogP contribution is 2.28. The fourth-order valence-electron chi connectivity index (χ4n) is 1.84. The van der Waals surface area contributed by atoms with Gasteiger partial charge in [-0.3, -0.25) is 4.79 Å². The van der Waals surface area contributed by atoms with E-state index in [0.29, 0.717) is 15.0 Å². The number of ketones is 1. The molecular formula is C16H12FN3OS2. The number of benzene rings is 2. The first-order chi connectivity index (χ1) is 11.2. The minimum absolute atomic E-state index is 0.137. The number of rotatable bonds is 6. The van der Waals surface area contributed by atoms with E-state index in [1.165, 1.54) is 41.3 Å². The Kier molecular flexibility index (Phi) is 4.99. The van der Waals surface area contributed by atoms with Gasteiger partial charge in [0, 0.05) is 11.3 Å². The van der Waals surface area contributed by atoms with Crippen molar-refractivity contribution in [3.63, 3.8) is 0 Å². The lowest BCUT2D eigenvalue weighted by Gasteiger charge is -2.00. The molecule has 0 aliphatic carbocycles. The Morgan fingerprint density at radius 2 is 1.96 bits per heavy atom. The van der Waals surface area contributed by atoms with Crippen LogP contribution in [0.1, 0.15) is 10.4 Å². The molecule has 1 N–H and O–H groups in total. The van der Waals surface area contributed by atoms with Gasteiger partial charge in [0.2, 0.25) is 5.13 Å². The minimum Gasteiger partial charge on any atom is -0.330 e. The second-order valence-electron chi connectivity index (χ2n) is 4.59. The Bertz CT molecular complexity index is 808. The Morgan fingerprint density at radius 1 is 1.13 bits per heavy atom. The van der Waals surface area contributed by atoms with E-state index >= 15 is 0 Å². The van der Waals surface area contributed by atoms with Gasteiger partial charge < -0.3 is 5.32 Å². The third kappa shape index (κ3) is 4.37. The number of hydrogen-bond acceptors (Lipinski definition) is 6. The highest BCUT2D eigenvalue weighted by Gasteiger charge is 2.10. The molecule has 0 aliphatic heterocycles. The van der Waals surface area contributed by atoms with Gasteiger partial charge in [-0.15, -0.1) is 10.2 Å². The number of Topliss-reactive ketones (excluding diaryl/α,β-unsaturated/α-hetero) is 1. The molecule has 23 heavy (non-hydrogen) atoms. The van der Waals surface area contributed by atoms with E-state index in [4.69, 9.17) is 0 Å². The topological polar surface area (TPSA) is 54.9 Å². The van der Waals surface area contributed by atoms with Gasteiger partial charge in [-0.05, 0) is 24.3 Å². The number of carbonyl (C=O) groups excluding carboxylic acids is 1. The summed E-state index contributed by atoms with van der Waals surface area (Å²) < 4.78 is 13.8. The maximum atomic E-state index is 13.1. The van der Waals surface area contributed by atoms with Crippen molar-refractivity contribution in [2.45, 2.75) is 4.34 Å². The van der Waals surface area contributed by atoms with E-state index < -0.39 is 5.82 Å². The van der Waals surface area contributed by atoms with Gasteiger partial charge in [0.05, 0.1) is 5.75 Å². The second-order valence-corrected chi connectivity index (χ2v) is 6.79. The number of nitrogens with one attached hydrogen (secondary N) is 1. The molecule has 3 aromatic rings. The van der Waals surface area contributed by atoms with Gasteiger partial charge in [-0.25, -0.2) is 4.39 Å². The summed E-state index contributed by atoms with van der Waals surface area (Å²) in [7, 11) is 0. The molecule has 1 aromatic heterocycles. The quantitative estimate of drug-likeness (QED) is 0.530. The van der Waals surface area contributed by atoms with Crippen LogP contribution in [0.15, 0.2) is 58.9 Å². The second kappa shape index (κ2) is 7.34. The van der Waals surface area contributed by atoms with E-state index in [1.54, 1.807) is 6.07 Å². The summed E-state index contributed by atoms with van der Waals surface area (Å²) in [5, 5.41) is 11.9. The first-order valence-corrected chi connectivity index (χ1v) is 8.58. The van der Waals surface area contributed by atoms with Crippen LogP contribution >= 0.6 is 23.1 Å². The standard InChI is InChI=1S/C16H12FN3OS2/c17-12-6-4-5-11(9-12)14(21)10-22-16-20-19-15(23-16)18-13-7-2-1-3-8-13/h1-9H,10H2,(H,18,19). The lowest BCUT2D eigenvalue weighted by atomic mass is 10.1. The van der Waals surface area contributed by atoms with E-state index in [-0.39, 0.29) is 11.5 Å². The van der Waals surface area contributed by atoms with Gasteiger partial charge in [0.15, 0.2) is 10.1 Å². The van der Waals surface area contributed by atoms with Crippen LogP contribution in [0.3, 0.4) is 0 Å². The van der Waals surface area contributed by atoms with Crippen LogP contribution in [0.4, 0.5) is 15.2 Å². The Balaban J connectivity index is 1.58. The maximum absolute atomic E-state index is 13.1. The van der Waals surface area contributed by atoms with E-state index in [2.05, 4.69) is 15.5 Å². The van der Waals surface area contributed by atoms with E-state index in [9.17, 15) is 9.18 Å². The number of anilines is 2. The van der Waals surface area contributed by atoms with Crippen molar-refractivity contribution >= 4 is 39.7 Å². The SMILES string of the molecule is O=C(CSc1nnc(Nc2ccccc2)s1)c1cccc(F)c1. The van der Waals surface area contributed by atoms with Crippen LogP contribution in [0.2, 0.25) is 0 Å². The highest BCUT2D eigenvalue weighted by molar-refractivity contribution is 8.01. The summed E-state index contributed by atoms with van der Waals surface area (Å²) in [6, 6.07) is 15.3. The molecule has 4 nitrogen and oxygen atoms in total. The highest BCUT2D eigenvalue weighted by atomic mass is 32.2. The van der Waals surface area contributed by atoms with Gasteiger partial charge in [-0.2, -0.15) is 0 Å². The number of para-hydroxylation sites is 1. The predicted molar refractivity (Wildman–Crippen MR) is 91.1 cm³/mol. The molecule has 0 saturated heterocycles. The maximum Gasteiger partial charge on any atom is 0.210 e. The fourth-order valence-corrected chi connectivity index (χ4v) is 3.50. The van der Waals surface area contributed by atoms with Gasteiger partial charge in [0.1, 0.15) is 5.82 Å². The van der Waals surface area contributed by atoms with E-state index in [1.807, 2.05) is 30.3 Å². The molecule has 0 fully saturated rings. The van der Waals surface area contributed by atoms with Gasteiger partial charge >= 0.3 is 0 Å². The number of thioether (sulfide) groups is 1. The molecule has 0 bridgehead atoms. The van der Waals surface area contributed by atoms with Gasteiger partial charge in [-0.1, -0.05) is 53.4 Å².